The van der Waals surface area contributed by atoms with Crippen molar-refractivity contribution in [1.29, 1.82) is 0 Å². The van der Waals surface area contributed by atoms with E-state index in [0.29, 0.717) is 12.1 Å². The van der Waals surface area contributed by atoms with Crippen LogP contribution in [0.2, 0.25) is 0 Å². The van der Waals surface area contributed by atoms with Crippen molar-refractivity contribution in [2.75, 3.05) is 23.9 Å². The second kappa shape index (κ2) is 9.98. The van der Waals surface area contributed by atoms with Gasteiger partial charge >= 0.3 is 37.9 Å². The number of nitrogens with zero attached hydrogens (tertiary/aromatic N) is 2. The fourth-order valence-corrected chi connectivity index (χ4v) is 5.27. The zero-order chi connectivity index (χ0) is 23.9. The minimum absolute atomic E-state index is 0.433. The van der Waals surface area contributed by atoms with Crippen LogP contribution in [-0.2, 0) is 20.8 Å². The molecule has 2 aromatic rings. The maximum absolute atomic E-state index is 4.93. The molecule has 0 bridgehead atoms. The summed E-state index contributed by atoms with van der Waals surface area (Å²) in [6, 6.07) is 18.0. The molecule has 0 N–H and O–H groups in total. The van der Waals surface area contributed by atoms with Gasteiger partial charge in [0.1, 0.15) is 0 Å². The van der Waals surface area contributed by atoms with Crippen molar-refractivity contribution in [2.45, 2.75) is 39.8 Å². The summed E-state index contributed by atoms with van der Waals surface area (Å²) in [6.45, 7) is 8.72. The number of hydrogen-bond acceptors (Lipinski definition) is 2. The Morgan fingerprint density at radius 1 is 0.667 bits per heavy atom. The van der Waals surface area contributed by atoms with Gasteiger partial charge in [-0.1, -0.05) is 75.2 Å². The molecule has 2 aromatic carbocycles. The van der Waals surface area contributed by atoms with E-state index in [1.807, 2.05) is 0 Å². The van der Waals surface area contributed by atoms with Crippen molar-refractivity contribution in [2.24, 2.45) is 0 Å². The number of hydrogen-bond donors (Lipinski definition) is 0. The topological polar surface area (TPSA) is 6.48 Å². The van der Waals surface area contributed by atoms with E-state index >= 15 is 0 Å². The summed E-state index contributed by atoms with van der Waals surface area (Å²) < 4.78 is 0. The Kier molecular flexibility index (Phi) is 7.44. The Morgan fingerprint density at radius 2 is 1.00 bits per heavy atom. The van der Waals surface area contributed by atoms with Crippen LogP contribution in [0.4, 0.5) is 11.4 Å². The number of para-hydroxylation sites is 2. The van der Waals surface area contributed by atoms with Crippen LogP contribution in [0.3, 0.4) is 0 Å². The molecule has 5 heteroatoms. The summed E-state index contributed by atoms with van der Waals surface area (Å²) in [4.78, 5) is 4.70. The van der Waals surface area contributed by atoms with Crippen LogP contribution in [-0.4, -0.2) is 26.2 Å². The van der Waals surface area contributed by atoms with Crippen molar-refractivity contribution in [3.8, 4) is 0 Å². The minimum atomic E-state index is -0.826. The van der Waals surface area contributed by atoms with Gasteiger partial charge in [-0.05, 0) is 11.4 Å². The number of halogens is 2. The summed E-state index contributed by atoms with van der Waals surface area (Å²) in [5.41, 5.74) is 13.5. The first kappa shape index (κ1) is 24.6. The predicted octanol–water partition coefficient (Wildman–Crippen LogP) is 7.46. The van der Waals surface area contributed by atoms with E-state index in [2.05, 4.69) is 112 Å². The van der Waals surface area contributed by atoms with E-state index in [1.54, 1.807) is 0 Å². The van der Waals surface area contributed by atoms with Crippen molar-refractivity contribution >= 4 is 39.5 Å². The van der Waals surface area contributed by atoms with Crippen molar-refractivity contribution < 1.29 is 20.8 Å². The fraction of sp³-hybridized carbons (Fsp3) is 0.286. The standard InChI is InChI=1S/2C14H14N.2ClH.Zr/c2*1-9-8-12-11-6-4-5-7-13(11)15(3)14(12)10(9)2;;;/h2*4-7,14H,1-3H3;2*1H;/q2*-1;;;+4/p-2. The molecule has 0 aromatic heterocycles. The molecule has 2 nitrogen and oxygen atoms in total. The molecule has 2 atom stereocenters. The van der Waals surface area contributed by atoms with E-state index in [9.17, 15) is 0 Å². The van der Waals surface area contributed by atoms with Crippen molar-refractivity contribution in [3.05, 3.63) is 94.1 Å². The first-order chi connectivity index (χ1) is 15.8. The predicted molar refractivity (Wildman–Crippen MR) is 139 cm³/mol. The molecule has 0 saturated heterocycles. The summed E-state index contributed by atoms with van der Waals surface area (Å²) in [5.74, 6) is 0. The zero-order valence-electron chi connectivity index (χ0n) is 19.9. The number of rotatable bonds is 0. The summed E-state index contributed by atoms with van der Waals surface area (Å²) in [5, 5.41) is 0. The molecule has 6 rings (SSSR count). The van der Waals surface area contributed by atoms with Gasteiger partial charge in [0.05, 0.1) is 0 Å². The van der Waals surface area contributed by atoms with E-state index in [0.717, 1.165) is 0 Å². The molecular weight excluding hydrogens is 526 g/mol. The number of benzene rings is 2. The number of likely N-dealkylation sites (N-methyl/N-ethyl adjacent to an activating group) is 2. The first-order valence-electron chi connectivity index (χ1n) is 11.0. The van der Waals surface area contributed by atoms with Gasteiger partial charge in [-0.25, -0.2) is 0 Å². The number of anilines is 2. The average Bonchev–Trinajstić information content (AvgIpc) is 3.47. The van der Waals surface area contributed by atoms with Crippen LogP contribution in [0.1, 0.15) is 38.8 Å². The van der Waals surface area contributed by atoms with Gasteiger partial charge in [-0.2, -0.15) is 23.3 Å². The van der Waals surface area contributed by atoms with Gasteiger partial charge in [0.2, 0.25) is 0 Å². The summed E-state index contributed by atoms with van der Waals surface area (Å²) in [6.07, 6.45) is 7.01. The SMILES string of the molecule is CC1=C(C)C2C(=[C-]1)c1ccccc1N2C.CC1=C(C)C2C(=[C-]1)c1ccccc1N2C.[Cl][Zr+2][Cl]. The first-order valence-corrected chi connectivity index (χ1v) is 17.4. The van der Waals surface area contributed by atoms with Crippen LogP contribution >= 0.6 is 17.0 Å². The van der Waals surface area contributed by atoms with Crippen LogP contribution < -0.4 is 9.80 Å². The number of fused-ring (bicyclic) bond motifs is 6. The van der Waals surface area contributed by atoms with Gasteiger partial charge in [0.25, 0.3) is 0 Å². The van der Waals surface area contributed by atoms with Gasteiger partial charge in [-0.3, -0.25) is 0 Å². The second-order valence-electron chi connectivity index (χ2n) is 8.83. The van der Waals surface area contributed by atoms with E-state index in [4.69, 9.17) is 17.0 Å². The zero-order valence-corrected chi connectivity index (χ0v) is 23.9. The van der Waals surface area contributed by atoms with E-state index in [1.165, 1.54) is 55.9 Å². The molecular formula is C28H28Cl2N2Zr. The van der Waals surface area contributed by atoms with Gasteiger partial charge in [0.15, 0.2) is 0 Å². The Hall–Kier alpha value is -1.54. The molecule has 0 amide bonds. The Labute approximate surface area is 216 Å². The summed E-state index contributed by atoms with van der Waals surface area (Å²) in [7, 11) is 14.2. The molecule has 0 fully saturated rings. The van der Waals surface area contributed by atoms with Crippen LogP contribution in [0.25, 0.3) is 11.1 Å². The molecule has 2 heterocycles. The van der Waals surface area contributed by atoms with Gasteiger partial charge in [0, 0.05) is 26.2 Å². The molecule has 4 aliphatic rings. The summed E-state index contributed by atoms with van der Waals surface area (Å²) >= 11 is -0.826. The normalized spacial score (nSPS) is 21.2. The Balaban J connectivity index is 0.000000141. The van der Waals surface area contributed by atoms with Crippen LogP contribution in [0, 0.1) is 12.2 Å². The fourth-order valence-electron chi connectivity index (χ4n) is 5.27. The second-order valence-corrected chi connectivity index (χ2v) is 12.6. The molecule has 33 heavy (non-hydrogen) atoms. The molecule has 2 unspecified atom stereocenters. The Morgan fingerprint density at radius 3 is 1.36 bits per heavy atom. The van der Waals surface area contributed by atoms with Gasteiger partial charge in [-0.15, -0.1) is 34.4 Å². The molecule has 0 saturated carbocycles. The van der Waals surface area contributed by atoms with E-state index < -0.39 is 20.8 Å². The monoisotopic (exact) mass is 552 g/mol. The molecule has 2 aliphatic carbocycles. The third-order valence-electron chi connectivity index (χ3n) is 7.12. The molecule has 0 spiro atoms. The van der Waals surface area contributed by atoms with Crippen molar-refractivity contribution in [1.82, 2.24) is 0 Å². The van der Waals surface area contributed by atoms with Crippen LogP contribution in [0.5, 0.6) is 0 Å². The molecule has 168 valence electrons. The quantitative estimate of drug-likeness (QED) is 0.312. The van der Waals surface area contributed by atoms with Crippen molar-refractivity contribution in [3.63, 3.8) is 0 Å². The molecule has 0 radical (unpaired) electrons. The third kappa shape index (κ3) is 4.22. The third-order valence-corrected chi connectivity index (χ3v) is 7.12. The average molecular weight is 555 g/mol. The van der Waals surface area contributed by atoms with E-state index in [-0.39, 0.29) is 0 Å². The van der Waals surface area contributed by atoms with Crippen LogP contribution in [0.15, 0.2) is 70.8 Å². The molecule has 2 aliphatic heterocycles. The number of allylic oxidation sites excluding steroid dienone is 4. The Bertz CT molecular complexity index is 1110. The van der Waals surface area contributed by atoms with Gasteiger partial charge < -0.3 is 9.80 Å². The maximum atomic E-state index is 4.93.